The maximum Gasteiger partial charge on any atom is 0.306 e. The molecule has 1 heterocycles. The Kier molecular flexibility index (Phi) is 4.04. The molecule has 0 unspecified atom stereocenters. The molecule has 2 rings (SSSR count). The number of rotatable bonds is 3. The Morgan fingerprint density at radius 3 is 2.58 bits per heavy atom. The van der Waals surface area contributed by atoms with Crippen molar-refractivity contribution in [3.05, 3.63) is 29.8 Å². The van der Waals surface area contributed by atoms with Crippen LogP contribution < -0.4 is 4.74 Å². The van der Waals surface area contributed by atoms with E-state index in [9.17, 15) is 9.59 Å². The average Bonchev–Trinajstić information content (AvgIpc) is 2.46. The molecule has 5 nitrogen and oxygen atoms in total. The largest absolute Gasteiger partial charge is 0.497 e. The summed E-state index contributed by atoms with van der Waals surface area (Å²) >= 11 is 0. The molecule has 1 saturated heterocycles. The highest BCUT2D eigenvalue weighted by Crippen LogP contribution is 2.20. The number of likely N-dealkylation sites (tertiary alicyclic amines) is 1. The lowest BCUT2D eigenvalue weighted by molar-refractivity contribution is -0.143. The van der Waals surface area contributed by atoms with Gasteiger partial charge in [-0.3, -0.25) is 9.59 Å². The van der Waals surface area contributed by atoms with Crippen molar-refractivity contribution >= 4 is 11.9 Å². The summed E-state index contributed by atoms with van der Waals surface area (Å²) in [6, 6.07) is 7.00. The van der Waals surface area contributed by atoms with Crippen LogP contribution in [0.4, 0.5) is 0 Å². The van der Waals surface area contributed by atoms with Gasteiger partial charge in [-0.15, -0.1) is 0 Å². The molecule has 0 radical (unpaired) electrons. The summed E-state index contributed by atoms with van der Waals surface area (Å²) in [5.41, 5.74) is 0.577. The van der Waals surface area contributed by atoms with Gasteiger partial charge in [0.15, 0.2) is 0 Å². The third-order valence-electron chi connectivity index (χ3n) is 3.45. The van der Waals surface area contributed by atoms with E-state index in [0.29, 0.717) is 37.2 Å². The molecule has 1 fully saturated rings. The second-order valence-electron chi connectivity index (χ2n) is 4.64. The molecule has 0 aromatic heterocycles. The van der Waals surface area contributed by atoms with E-state index < -0.39 is 5.97 Å². The zero-order chi connectivity index (χ0) is 13.8. The molecular weight excluding hydrogens is 246 g/mol. The predicted molar refractivity (Wildman–Crippen MR) is 69.3 cm³/mol. The molecule has 1 aromatic carbocycles. The number of benzene rings is 1. The van der Waals surface area contributed by atoms with Gasteiger partial charge in [0.2, 0.25) is 0 Å². The normalized spacial score (nSPS) is 16.2. The van der Waals surface area contributed by atoms with Gasteiger partial charge in [-0.05, 0) is 31.0 Å². The number of nitrogens with zero attached hydrogens (tertiary/aromatic N) is 1. The van der Waals surface area contributed by atoms with Crippen LogP contribution in [-0.4, -0.2) is 42.1 Å². The van der Waals surface area contributed by atoms with E-state index in [2.05, 4.69) is 0 Å². The number of ether oxygens (including phenoxy) is 1. The van der Waals surface area contributed by atoms with Gasteiger partial charge in [0, 0.05) is 18.7 Å². The van der Waals surface area contributed by atoms with Crippen LogP contribution in [0.25, 0.3) is 0 Å². The average molecular weight is 263 g/mol. The van der Waals surface area contributed by atoms with Crippen LogP contribution in [0.15, 0.2) is 24.3 Å². The lowest BCUT2D eigenvalue weighted by Gasteiger charge is -2.30. The number of piperidine rings is 1. The Morgan fingerprint density at radius 1 is 1.32 bits per heavy atom. The first kappa shape index (κ1) is 13.4. The highest BCUT2D eigenvalue weighted by Gasteiger charge is 2.27. The third kappa shape index (κ3) is 3.05. The van der Waals surface area contributed by atoms with Gasteiger partial charge in [-0.1, -0.05) is 6.07 Å². The van der Waals surface area contributed by atoms with Gasteiger partial charge in [0.1, 0.15) is 5.75 Å². The molecule has 0 aliphatic carbocycles. The fourth-order valence-corrected chi connectivity index (χ4v) is 2.27. The molecule has 0 atom stereocenters. The van der Waals surface area contributed by atoms with Gasteiger partial charge >= 0.3 is 5.97 Å². The van der Waals surface area contributed by atoms with Crippen LogP contribution >= 0.6 is 0 Å². The summed E-state index contributed by atoms with van der Waals surface area (Å²) in [4.78, 5) is 24.8. The van der Waals surface area contributed by atoms with Gasteiger partial charge in [-0.25, -0.2) is 0 Å². The Labute approximate surface area is 111 Å². The van der Waals surface area contributed by atoms with Crippen molar-refractivity contribution in [2.24, 2.45) is 5.92 Å². The van der Waals surface area contributed by atoms with Gasteiger partial charge in [0.05, 0.1) is 13.0 Å². The minimum Gasteiger partial charge on any atom is -0.497 e. The number of methoxy groups -OCH3 is 1. The Morgan fingerprint density at radius 2 is 2.00 bits per heavy atom. The van der Waals surface area contributed by atoms with E-state index >= 15 is 0 Å². The fourth-order valence-electron chi connectivity index (χ4n) is 2.27. The van der Waals surface area contributed by atoms with Crippen molar-refractivity contribution in [3.8, 4) is 5.75 Å². The summed E-state index contributed by atoms with van der Waals surface area (Å²) in [5, 5.41) is 8.93. The van der Waals surface area contributed by atoms with Crippen LogP contribution in [0.5, 0.6) is 5.75 Å². The van der Waals surface area contributed by atoms with Gasteiger partial charge in [-0.2, -0.15) is 0 Å². The second-order valence-corrected chi connectivity index (χ2v) is 4.64. The maximum atomic E-state index is 12.3. The van der Waals surface area contributed by atoms with Crippen molar-refractivity contribution < 1.29 is 19.4 Å². The molecule has 1 N–H and O–H groups in total. The van der Waals surface area contributed by atoms with Crippen LogP contribution in [0.2, 0.25) is 0 Å². The summed E-state index contributed by atoms with van der Waals surface area (Å²) < 4.78 is 5.09. The third-order valence-corrected chi connectivity index (χ3v) is 3.45. The van der Waals surface area contributed by atoms with Crippen molar-refractivity contribution in [2.75, 3.05) is 20.2 Å². The quantitative estimate of drug-likeness (QED) is 0.900. The molecule has 1 amide bonds. The smallest absolute Gasteiger partial charge is 0.306 e. The standard InChI is InChI=1S/C14H17NO4/c1-19-12-4-2-3-11(9-12)13(16)15-7-5-10(6-8-15)14(17)18/h2-4,9-10H,5-8H2,1H3,(H,17,18). The van der Waals surface area contributed by atoms with Crippen molar-refractivity contribution in [1.29, 1.82) is 0 Å². The minimum atomic E-state index is -0.770. The zero-order valence-corrected chi connectivity index (χ0v) is 10.8. The molecule has 1 aromatic rings. The predicted octanol–water partition coefficient (Wildman–Crippen LogP) is 1.63. The highest BCUT2D eigenvalue weighted by atomic mass is 16.5. The first-order chi connectivity index (χ1) is 9.11. The van der Waals surface area contributed by atoms with Gasteiger partial charge < -0.3 is 14.7 Å². The number of hydrogen-bond acceptors (Lipinski definition) is 3. The van der Waals surface area contributed by atoms with Crippen molar-refractivity contribution in [2.45, 2.75) is 12.8 Å². The second kappa shape index (κ2) is 5.73. The monoisotopic (exact) mass is 263 g/mol. The molecule has 1 aliphatic rings. The first-order valence-corrected chi connectivity index (χ1v) is 6.28. The minimum absolute atomic E-state index is 0.0669. The molecular formula is C14H17NO4. The van der Waals surface area contributed by atoms with Crippen LogP contribution in [0.3, 0.4) is 0 Å². The van der Waals surface area contributed by atoms with Crippen molar-refractivity contribution in [3.63, 3.8) is 0 Å². The molecule has 102 valence electrons. The van der Waals surface area contributed by atoms with E-state index in [0.717, 1.165) is 0 Å². The summed E-state index contributed by atoms with van der Waals surface area (Å²) in [6.45, 7) is 0.986. The summed E-state index contributed by atoms with van der Waals surface area (Å²) in [6.07, 6.45) is 1.04. The lowest BCUT2D eigenvalue weighted by atomic mass is 9.96. The molecule has 19 heavy (non-hydrogen) atoms. The molecule has 0 bridgehead atoms. The zero-order valence-electron chi connectivity index (χ0n) is 10.8. The van der Waals surface area contributed by atoms with E-state index in [4.69, 9.17) is 9.84 Å². The summed E-state index contributed by atoms with van der Waals surface area (Å²) in [5.74, 6) is -0.517. The topological polar surface area (TPSA) is 66.8 Å². The number of aliphatic carboxylic acids is 1. The number of hydrogen-bond donors (Lipinski definition) is 1. The number of carbonyl (C=O) groups is 2. The number of carboxylic acid groups (broad SMARTS) is 1. The van der Waals surface area contributed by atoms with Crippen molar-refractivity contribution in [1.82, 2.24) is 4.90 Å². The van der Waals surface area contributed by atoms with Crippen LogP contribution in [0, 0.1) is 5.92 Å². The Balaban J connectivity index is 2.02. The first-order valence-electron chi connectivity index (χ1n) is 6.28. The Hall–Kier alpha value is -2.04. The fraction of sp³-hybridized carbons (Fsp3) is 0.429. The molecule has 0 saturated carbocycles. The van der Waals surface area contributed by atoms with E-state index in [1.165, 1.54) is 0 Å². The maximum absolute atomic E-state index is 12.3. The van der Waals surface area contributed by atoms with E-state index in [1.807, 2.05) is 0 Å². The number of carbonyl (C=O) groups excluding carboxylic acids is 1. The lowest BCUT2D eigenvalue weighted by Crippen LogP contribution is -2.40. The number of carboxylic acids is 1. The molecule has 0 spiro atoms. The Bertz CT molecular complexity index is 478. The van der Waals surface area contributed by atoms with E-state index in [1.54, 1.807) is 36.3 Å². The highest BCUT2D eigenvalue weighted by molar-refractivity contribution is 5.94. The van der Waals surface area contributed by atoms with Crippen LogP contribution in [0.1, 0.15) is 23.2 Å². The molecule has 5 heteroatoms. The SMILES string of the molecule is COc1cccc(C(=O)N2CCC(C(=O)O)CC2)c1. The van der Waals surface area contributed by atoms with E-state index in [-0.39, 0.29) is 11.8 Å². The van der Waals surface area contributed by atoms with Crippen LogP contribution in [-0.2, 0) is 4.79 Å². The van der Waals surface area contributed by atoms with Gasteiger partial charge in [0.25, 0.3) is 5.91 Å². The number of amides is 1. The summed E-state index contributed by atoms with van der Waals surface area (Å²) in [7, 11) is 1.56. The molecule has 1 aliphatic heterocycles.